The Morgan fingerprint density at radius 1 is 1.11 bits per heavy atom. The van der Waals surface area contributed by atoms with Gasteiger partial charge < -0.3 is 18.8 Å². The molecule has 1 aliphatic rings. The van der Waals surface area contributed by atoms with Crippen LogP contribution in [0.15, 0.2) is 52.0 Å². The molecule has 9 heteroatoms. The summed E-state index contributed by atoms with van der Waals surface area (Å²) in [4.78, 5) is 13.9. The Balaban J connectivity index is 1.69. The minimum atomic E-state index is -3.78. The third-order valence-electron chi connectivity index (χ3n) is 4.47. The van der Waals surface area contributed by atoms with Crippen molar-refractivity contribution >= 4 is 22.0 Å². The van der Waals surface area contributed by atoms with Crippen molar-refractivity contribution in [2.75, 3.05) is 40.4 Å². The van der Waals surface area contributed by atoms with Gasteiger partial charge in [-0.2, -0.15) is 4.31 Å². The molecule has 1 aromatic carbocycles. The third-order valence-corrected chi connectivity index (χ3v) is 6.39. The second kappa shape index (κ2) is 8.49. The molecule has 0 radical (unpaired) electrons. The van der Waals surface area contributed by atoms with Crippen molar-refractivity contribution in [2.24, 2.45) is 0 Å². The summed E-state index contributed by atoms with van der Waals surface area (Å²) in [5, 5.41) is 0. The fourth-order valence-corrected chi connectivity index (χ4v) is 4.51. The first-order chi connectivity index (χ1) is 13.5. The number of sulfonamides is 1. The number of rotatable bonds is 6. The van der Waals surface area contributed by atoms with E-state index in [1.54, 1.807) is 35.2 Å². The fraction of sp³-hybridized carbons (Fsp3) is 0.316. The molecule has 1 aliphatic heterocycles. The van der Waals surface area contributed by atoms with Gasteiger partial charge in [-0.1, -0.05) is 0 Å². The SMILES string of the molecule is COc1ccc(OC)c(S(=O)(=O)N2CCN(C(=O)/C=C/c3ccco3)CC2)c1. The van der Waals surface area contributed by atoms with Gasteiger partial charge in [0.1, 0.15) is 22.2 Å². The molecule has 0 atom stereocenters. The van der Waals surface area contributed by atoms with Crippen molar-refractivity contribution in [3.05, 3.63) is 48.4 Å². The molecular weight excluding hydrogens is 384 g/mol. The lowest BCUT2D eigenvalue weighted by Crippen LogP contribution is -2.50. The molecular formula is C19H22N2O6S. The average Bonchev–Trinajstić information content (AvgIpc) is 3.25. The highest BCUT2D eigenvalue weighted by Crippen LogP contribution is 2.31. The van der Waals surface area contributed by atoms with Crippen LogP contribution in [-0.2, 0) is 14.8 Å². The van der Waals surface area contributed by atoms with E-state index in [2.05, 4.69) is 0 Å². The summed E-state index contributed by atoms with van der Waals surface area (Å²) in [5.41, 5.74) is 0. The summed E-state index contributed by atoms with van der Waals surface area (Å²) in [6, 6.07) is 8.12. The maximum atomic E-state index is 13.1. The number of ether oxygens (including phenoxy) is 2. The zero-order valence-corrected chi connectivity index (χ0v) is 16.5. The summed E-state index contributed by atoms with van der Waals surface area (Å²) in [7, 11) is -0.886. The second-order valence-electron chi connectivity index (χ2n) is 6.09. The van der Waals surface area contributed by atoms with Gasteiger partial charge >= 0.3 is 0 Å². The summed E-state index contributed by atoms with van der Waals surface area (Å²) in [5.74, 6) is 1.07. The van der Waals surface area contributed by atoms with Gasteiger partial charge in [0, 0.05) is 38.3 Å². The van der Waals surface area contributed by atoms with Gasteiger partial charge in [-0.3, -0.25) is 4.79 Å². The van der Waals surface area contributed by atoms with Gasteiger partial charge in [-0.15, -0.1) is 0 Å². The average molecular weight is 406 g/mol. The van der Waals surface area contributed by atoms with Crippen LogP contribution in [0.5, 0.6) is 11.5 Å². The van der Waals surface area contributed by atoms with Crippen LogP contribution in [0, 0.1) is 0 Å². The Bertz CT molecular complexity index is 945. The zero-order chi connectivity index (χ0) is 20.1. The minimum absolute atomic E-state index is 0.0480. The first kappa shape index (κ1) is 20.0. The highest BCUT2D eigenvalue weighted by molar-refractivity contribution is 7.89. The molecule has 0 aliphatic carbocycles. The summed E-state index contributed by atoms with van der Waals surface area (Å²) < 4.78 is 43.0. The van der Waals surface area contributed by atoms with E-state index in [0.717, 1.165) is 0 Å². The number of amides is 1. The molecule has 0 N–H and O–H groups in total. The van der Waals surface area contributed by atoms with Crippen molar-refractivity contribution in [1.29, 1.82) is 0 Å². The molecule has 1 aromatic heterocycles. The predicted molar refractivity (Wildman–Crippen MR) is 103 cm³/mol. The number of furan rings is 1. The normalized spacial score (nSPS) is 15.7. The van der Waals surface area contributed by atoms with E-state index in [4.69, 9.17) is 13.9 Å². The molecule has 28 heavy (non-hydrogen) atoms. The van der Waals surface area contributed by atoms with Crippen molar-refractivity contribution in [1.82, 2.24) is 9.21 Å². The topological polar surface area (TPSA) is 89.3 Å². The van der Waals surface area contributed by atoms with Crippen molar-refractivity contribution < 1.29 is 27.1 Å². The van der Waals surface area contributed by atoms with Gasteiger partial charge in [0.2, 0.25) is 15.9 Å². The van der Waals surface area contributed by atoms with E-state index >= 15 is 0 Å². The lowest BCUT2D eigenvalue weighted by atomic mass is 10.3. The van der Waals surface area contributed by atoms with Crippen LogP contribution >= 0.6 is 0 Å². The van der Waals surface area contributed by atoms with Crippen molar-refractivity contribution in [2.45, 2.75) is 4.90 Å². The number of nitrogens with zero attached hydrogens (tertiary/aromatic N) is 2. The molecule has 0 bridgehead atoms. The smallest absolute Gasteiger partial charge is 0.247 e. The Hall–Kier alpha value is -2.78. The maximum Gasteiger partial charge on any atom is 0.247 e. The van der Waals surface area contributed by atoms with E-state index in [1.807, 2.05) is 0 Å². The molecule has 1 amide bonds. The standard InChI is InChI=1S/C19H22N2O6S/c1-25-16-5-7-17(26-2)18(14-16)28(23,24)21-11-9-20(10-12-21)19(22)8-6-15-4-3-13-27-15/h3-8,13-14H,9-12H2,1-2H3/b8-6+. The van der Waals surface area contributed by atoms with Crippen LogP contribution in [0.3, 0.4) is 0 Å². The van der Waals surface area contributed by atoms with Gasteiger partial charge in [-0.05, 0) is 30.3 Å². The Kier molecular flexibility index (Phi) is 6.05. The van der Waals surface area contributed by atoms with Gasteiger partial charge in [0.15, 0.2) is 0 Å². The Morgan fingerprint density at radius 2 is 1.86 bits per heavy atom. The van der Waals surface area contributed by atoms with Crippen LogP contribution in [0.2, 0.25) is 0 Å². The molecule has 150 valence electrons. The Labute approximate surface area is 164 Å². The Morgan fingerprint density at radius 3 is 2.46 bits per heavy atom. The first-order valence-electron chi connectivity index (χ1n) is 8.68. The van der Waals surface area contributed by atoms with Crippen molar-refractivity contribution in [3.8, 4) is 11.5 Å². The van der Waals surface area contributed by atoms with E-state index in [-0.39, 0.29) is 29.6 Å². The number of carbonyl (C=O) groups is 1. The van der Waals surface area contributed by atoms with Crippen LogP contribution in [-0.4, -0.2) is 63.9 Å². The van der Waals surface area contributed by atoms with Crippen LogP contribution in [0.1, 0.15) is 5.76 Å². The van der Waals surface area contributed by atoms with Crippen LogP contribution < -0.4 is 9.47 Å². The molecule has 2 aromatic rings. The van der Waals surface area contributed by atoms with E-state index in [9.17, 15) is 13.2 Å². The molecule has 2 heterocycles. The highest BCUT2D eigenvalue weighted by atomic mass is 32.2. The number of piperazine rings is 1. The van der Waals surface area contributed by atoms with Crippen LogP contribution in [0.4, 0.5) is 0 Å². The van der Waals surface area contributed by atoms with E-state index in [0.29, 0.717) is 24.6 Å². The lowest BCUT2D eigenvalue weighted by molar-refractivity contribution is -0.127. The zero-order valence-electron chi connectivity index (χ0n) is 15.7. The molecule has 8 nitrogen and oxygen atoms in total. The largest absolute Gasteiger partial charge is 0.497 e. The number of hydrogen-bond acceptors (Lipinski definition) is 6. The summed E-state index contributed by atoms with van der Waals surface area (Å²) in [6.45, 7) is 0.992. The predicted octanol–water partition coefficient (Wildman–Crippen LogP) is 1.84. The number of benzene rings is 1. The summed E-state index contributed by atoms with van der Waals surface area (Å²) >= 11 is 0. The van der Waals surface area contributed by atoms with Gasteiger partial charge in [-0.25, -0.2) is 8.42 Å². The second-order valence-corrected chi connectivity index (χ2v) is 8.00. The molecule has 1 saturated heterocycles. The first-order valence-corrected chi connectivity index (χ1v) is 10.1. The minimum Gasteiger partial charge on any atom is -0.497 e. The van der Waals surface area contributed by atoms with Gasteiger partial charge in [0.05, 0.1) is 20.5 Å². The van der Waals surface area contributed by atoms with E-state index in [1.165, 1.54) is 36.9 Å². The molecule has 3 rings (SSSR count). The van der Waals surface area contributed by atoms with Crippen molar-refractivity contribution in [3.63, 3.8) is 0 Å². The molecule has 1 fully saturated rings. The monoisotopic (exact) mass is 406 g/mol. The number of methoxy groups -OCH3 is 2. The lowest BCUT2D eigenvalue weighted by Gasteiger charge is -2.33. The molecule has 0 saturated carbocycles. The number of carbonyl (C=O) groups excluding carboxylic acids is 1. The quantitative estimate of drug-likeness (QED) is 0.680. The maximum absolute atomic E-state index is 13.1. The molecule has 0 spiro atoms. The molecule has 0 unspecified atom stereocenters. The van der Waals surface area contributed by atoms with Gasteiger partial charge in [0.25, 0.3) is 0 Å². The third kappa shape index (κ3) is 4.20. The fourth-order valence-electron chi connectivity index (χ4n) is 2.92. The van der Waals surface area contributed by atoms with Crippen LogP contribution in [0.25, 0.3) is 6.08 Å². The van der Waals surface area contributed by atoms with E-state index < -0.39 is 10.0 Å². The number of hydrogen-bond donors (Lipinski definition) is 0. The summed E-state index contributed by atoms with van der Waals surface area (Å²) in [6.07, 6.45) is 4.54. The highest BCUT2D eigenvalue weighted by Gasteiger charge is 2.32.